The summed E-state index contributed by atoms with van der Waals surface area (Å²) >= 11 is 3.56. The fourth-order valence-corrected chi connectivity index (χ4v) is 4.69. The summed E-state index contributed by atoms with van der Waals surface area (Å²) in [5.74, 6) is 0.863. The predicted molar refractivity (Wildman–Crippen MR) is 129 cm³/mol. The molecule has 0 atom stereocenters. The highest BCUT2D eigenvalue weighted by Crippen LogP contribution is 2.41. The minimum Gasteiger partial charge on any atom is -0.493 e. The Morgan fingerprint density at radius 3 is 2.71 bits per heavy atom. The van der Waals surface area contributed by atoms with E-state index >= 15 is 0 Å². The quantitative estimate of drug-likeness (QED) is 0.369. The topological polar surface area (TPSA) is 42.7 Å². The van der Waals surface area contributed by atoms with Gasteiger partial charge in [0.15, 0.2) is 0 Å². The van der Waals surface area contributed by atoms with E-state index < -0.39 is 0 Å². The summed E-state index contributed by atoms with van der Waals surface area (Å²) in [6.45, 7) is 8.21. The standard InChI is InChI=1S/C26H28BrNO3/c1-4-30-25-18(3)26-22(23(16-31-26)19-9-8-10-20(27)14-19)15-21(25)17(2)13-24(29)28-11-6-5-7-12-28/h8-10,13-16H,4-7,11-12H2,1-3H3/b17-13+. The van der Waals surface area contributed by atoms with Crippen molar-refractivity contribution in [2.45, 2.75) is 40.0 Å². The van der Waals surface area contributed by atoms with Crippen LogP contribution in [0.5, 0.6) is 5.75 Å². The number of fused-ring (bicyclic) bond motifs is 1. The molecule has 5 heteroatoms. The van der Waals surface area contributed by atoms with Gasteiger partial charge >= 0.3 is 0 Å². The van der Waals surface area contributed by atoms with Crippen molar-refractivity contribution in [1.29, 1.82) is 0 Å². The van der Waals surface area contributed by atoms with Gasteiger partial charge in [-0.05, 0) is 69.4 Å². The number of allylic oxidation sites excluding steroid dienone is 1. The van der Waals surface area contributed by atoms with Gasteiger partial charge in [0.1, 0.15) is 11.3 Å². The Balaban J connectivity index is 1.82. The first-order chi connectivity index (χ1) is 15.0. The summed E-state index contributed by atoms with van der Waals surface area (Å²) in [5, 5.41) is 1.02. The van der Waals surface area contributed by atoms with Crippen LogP contribution in [-0.2, 0) is 4.79 Å². The highest BCUT2D eigenvalue weighted by atomic mass is 79.9. The van der Waals surface area contributed by atoms with Crippen molar-refractivity contribution in [3.05, 3.63) is 58.3 Å². The van der Waals surface area contributed by atoms with Gasteiger partial charge in [0, 0.05) is 45.7 Å². The number of aryl methyl sites for hydroxylation is 1. The molecular weight excluding hydrogens is 454 g/mol. The number of carbonyl (C=O) groups is 1. The van der Waals surface area contributed by atoms with Gasteiger partial charge in [-0.2, -0.15) is 0 Å². The number of ether oxygens (including phenoxy) is 1. The zero-order chi connectivity index (χ0) is 22.0. The summed E-state index contributed by atoms with van der Waals surface area (Å²) in [7, 11) is 0. The van der Waals surface area contributed by atoms with Gasteiger partial charge in [-0.1, -0.05) is 28.1 Å². The second-order valence-electron chi connectivity index (χ2n) is 8.06. The van der Waals surface area contributed by atoms with E-state index in [1.54, 1.807) is 12.3 Å². The molecule has 1 amide bonds. The van der Waals surface area contributed by atoms with Crippen molar-refractivity contribution in [2.24, 2.45) is 0 Å². The van der Waals surface area contributed by atoms with Crippen LogP contribution in [0, 0.1) is 6.92 Å². The van der Waals surface area contributed by atoms with Crippen LogP contribution in [-0.4, -0.2) is 30.5 Å². The molecule has 4 rings (SSSR count). The molecule has 0 saturated carbocycles. The summed E-state index contributed by atoms with van der Waals surface area (Å²) < 4.78 is 13.0. The maximum atomic E-state index is 12.9. The lowest BCUT2D eigenvalue weighted by Crippen LogP contribution is -2.34. The monoisotopic (exact) mass is 481 g/mol. The van der Waals surface area contributed by atoms with E-state index in [1.165, 1.54) is 6.42 Å². The Morgan fingerprint density at radius 2 is 2.00 bits per heavy atom. The molecule has 0 bridgehead atoms. The fourth-order valence-electron chi connectivity index (χ4n) is 4.29. The molecule has 2 heterocycles. The van der Waals surface area contributed by atoms with Gasteiger partial charge in [-0.15, -0.1) is 0 Å². The Morgan fingerprint density at radius 1 is 1.23 bits per heavy atom. The zero-order valence-corrected chi connectivity index (χ0v) is 19.9. The Kier molecular flexibility index (Phi) is 6.51. The van der Waals surface area contributed by atoms with E-state index in [0.29, 0.717) is 6.61 Å². The molecule has 1 aliphatic rings. The van der Waals surface area contributed by atoms with Crippen LogP contribution in [0.4, 0.5) is 0 Å². The predicted octanol–water partition coefficient (Wildman–Crippen LogP) is 6.99. The van der Waals surface area contributed by atoms with Crippen LogP contribution in [0.15, 0.2) is 51.6 Å². The van der Waals surface area contributed by atoms with E-state index in [9.17, 15) is 4.79 Å². The first-order valence-corrected chi connectivity index (χ1v) is 11.7. The van der Waals surface area contributed by atoms with E-state index in [2.05, 4.69) is 34.1 Å². The maximum absolute atomic E-state index is 12.9. The molecule has 0 aliphatic carbocycles. The van der Waals surface area contributed by atoms with Crippen LogP contribution in [0.2, 0.25) is 0 Å². The molecule has 1 fully saturated rings. The van der Waals surface area contributed by atoms with Crippen molar-refractivity contribution in [1.82, 2.24) is 4.90 Å². The van der Waals surface area contributed by atoms with E-state index in [1.807, 2.05) is 37.8 Å². The largest absolute Gasteiger partial charge is 0.493 e. The van der Waals surface area contributed by atoms with Crippen LogP contribution in [0.3, 0.4) is 0 Å². The minimum atomic E-state index is 0.0804. The van der Waals surface area contributed by atoms with Gasteiger partial charge in [0.05, 0.1) is 12.9 Å². The number of halogens is 1. The Bertz CT molecular complexity index is 1140. The van der Waals surface area contributed by atoms with Crippen LogP contribution in [0.25, 0.3) is 27.7 Å². The molecule has 1 aromatic heterocycles. The first-order valence-electron chi connectivity index (χ1n) is 10.9. The molecule has 0 radical (unpaired) electrons. The van der Waals surface area contributed by atoms with Crippen LogP contribution in [0.1, 0.15) is 44.2 Å². The lowest BCUT2D eigenvalue weighted by atomic mass is 9.96. The Labute approximate surface area is 192 Å². The molecular formula is C26H28BrNO3. The van der Waals surface area contributed by atoms with Crippen molar-refractivity contribution >= 4 is 38.4 Å². The smallest absolute Gasteiger partial charge is 0.246 e. The van der Waals surface area contributed by atoms with Crippen LogP contribution < -0.4 is 4.74 Å². The number of likely N-dealkylation sites (tertiary alicyclic amines) is 1. The molecule has 162 valence electrons. The number of hydrogen-bond acceptors (Lipinski definition) is 3. The third kappa shape index (κ3) is 4.42. The van der Waals surface area contributed by atoms with Crippen LogP contribution >= 0.6 is 15.9 Å². The minimum absolute atomic E-state index is 0.0804. The summed E-state index contributed by atoms with van der Waals surface area (Å²) in [5.41, 5.74) is 5.72. The van der Waals surface area contributed by atoms with E-state index in [4.69, 9.17) is 9.15 Å². The summed E-state index contributed by atoms with van der Waals surface area (Å²) in [4.78, 5) is 14.8. The number of furan rings is 1. The number of piperidine rings is 1. The third-order valence-electron chi connectivity index (χ3n) is 5.90. The Hall–Kier alpha value is -2.53. The number of amides is 1. The average molecular weight is 482 g/mol. The number of nitrogens with zero attached hydrogens (tertiary/aromatic N) is 1. The van der Waals surface area contributed by atoms with Crippen molar-refractivity contribution in [3.8, 4) is 16.9 Å². The highest BCUT2D eigenvalue weighted by molar-refractivity contribution is 9.10. The molecule has 3 aromatic rings. The molecule has 0 unspecified atom stereocenters. The van der Waals surface area contributed by atoms with Gasteiger partial charge in [0.25, 0.3) is 0 Å². The first kappa shape index (κ1) is 21.7. The maximum Gasteiger partial charge on any atom is 0.246 e. The van der Waals surface area contributed by atoms with Crippen molar-refractivity contribution in [3.63, 3.8) is 0 Å². The number of rotatable bonds is 5. The van der Waals surface area contributed by atoms with Crippen molar-refractivity contribution < 1.29 is 13.9 Å². The van der Waals surface area contributed by atoms with E-state index in [0.717, 1.165) is 74.9 Å². The summed E-state index contributed by atoms with van der Waals surface area (Å²) in [6.07, 6.45) is 6.93. The highest BCUT2D eigenvalue weighted by Gasteiger charge is 2.20. The molecule has 2 aromatic carbocycles. The van der Waals surface area contributed by atoms with Crippen molar-refractivity contribution in [2.75, 3.05) is 19.7 Å². The molecule has 1 saturated heterocycles. The number of benzene rings is 2. The number of carbonyl (C=O) groups excluding carboxylic acids is 1. The van der Waals surface area contributed by atoms with Gasteiger partial charge < -0.3 is 14.1 Å². The normalized spacial score (nSPS) is 14.8. The molecule has 0 spiro atoms. The molecule has 31 heavy (non-hydrogen) atoms. The molecule has 1 aliphatic heterocycles. The number of hydrogen-bond donors (Lipinski definition) is 0. The second kappa shape index (κ2) is 9.31. The lowest BCUT2D eigenvalue weighted by Gasteiger charge is -2.25. The van der Waals surface area contributed by atoms with Gasteiger partial charge in [-0.3, -0.25) is 4.79 Å². The average Bonchev–Trinajstić information content (AvgIpc) is 3.20. The van der Waals surface area contributed by atoms with Gasteiger partial charge in [-0.25, -0.2) is 0 Å². The lowest BCUT2D eigenvalue weighted by molar-refractivity contribution is -0.126. The molecule has 4 nitrogen and oxygen atoms in total. The SMILES string of the molecule is CCOc1c(/C(C)=C/C(=O)N2CCCCC2)cc2c(-c3cccc(Br)c3)coc2c1C. The fraction of sp³-hybridized carbons (Fsp3) is 0.346. The summed E-state index contributed by atoms with van der Waals surface area (Å²) in [6, 6.07) is 10.3. The second-order valence-corrected chi connectivity index (χ2v) is 8.98. The van der Waals surface area contributed by atoms with E-state index in [-0.39, 0.29) is 5.91 Å². The third-order valence-corrected chi connectivity index (χ3v) is 6.39. The molecule has 0 N–H and O–H groups in total. The van der Waals surface area contributed by atoms with Gasteiger partial charge in [0.2, 0.25) is 5.91 Å². The zero-order valence-electron chi connectivity index (χ0n) is 18.3.